The van der Waals surface area contributed by atoms with Gasteiger partial charge in [-0.25, -0.2) is 0 Å². The maximum atomic E-state index is 12.2. The number of aliphatic hydroxyl groups excluding tert-OH is 1. The number of ether oxygens (including phenoxy) is 2. The second-order valence-corrected chi connectivity index (χ2v) is 14.0. The van der Waals surface area contributed by atoms with Crippen LogP contribution in [0.15, 0.2) is 0 Å². The van der Waals surface area contributed by atoms with E-state index in [1.165, 1.54) is 6.42 Å². The highest BCUT2D eigenvalue weighted by atomic mass is 16.7. The molecule has 11 atom stereocenters. The third-order valence-electron chi connectivity index (χ3n) is 12.8. The normalized spacial score (nSPS) is 58.4. The molecule has 3 N–H and O–H groups in total. The number of hydrogen-bond acceptors (Lipinski definition) is 5. The van der Waals surface area contributed by atoms with Crippen molar-refractivity contribution in [2.24, 2.45) is 39.9 Å². The standard InChI is InChI=1S/C29H48O5/c1-25-13-9-21-24(22-18-27(22,3)29(32)17-19(30)8-12-26(21,29)2)20(25)10-14-28(25,31)11-6-16-34-23-7-4-5-15-33-23/h19-24,30-32H,4-18H2,1-3H3/t19?,20?,21?,22-,23?,24?,25+,26-,27?,28+,29?/m1/s1. The van der Waals surface area contributed by atoms with Crippen molar-refractivity contribution < 1.29 is 24.8 Å². The summed E-state index contributed by atoms with van der Waals surface area (Å²) in [7, 11) is 0. The maximum absolute atomic E-state index is 12.2. The lowest BCUT2D eigenvalue weighted by atomic mass is 9.41. The van der Waals surface area contributed by atoms with Crippen LogP contribution in [0.25, 0.3) is 0 Å². The van der Waals surface area contributed by atoms with E-state index in [1.54, 1.807) is 0 Å². The minimum absolute atomic E-state index is 0.0427. The van der Waals surface area contributed by atoms with E-state index < -0.39 is 11.2 Å². The van der Waals surface area contributed by atoms with Crippen molar-refractivity contribution >= 4 is 0 Å². The molecular formula is C29H48O5. The van der Waals surface area contributed by atoms with Crippen molar-refractivity contribution in [1.82, 2.24) is 0 Å². The molecule has 0 amide bonds. The van der Waals surface area contributed by atoms with E-state index in [0.29, 0.717) is 36.7 Å². The molecule has 194 valence electrons. The fraction of sp³-hybridized carbons (Fsp3) is 1.00. The fourth-order valence-electron chi connectivity index (χ4n) is 10.6. The second kappa shape index (κ2) is 7.90. The Hall–Kier alpha value is -0.200. The van der Waals surface area contributed by atoms with Crippen molar-refractivity contribution in [3.63, 3.8) is 0 Å². The molecule has 6 aliphatic rings. The van der Waals surface area contributed by atoms with Gasteiger partial charge in [-0.05, 0) is 106 Å². The maximum Gasteiger partial charge on any atom is 0.157 e. The van der Waals surface area contributed by atoms with Gasteiger partial charge in [0.2, 0.25) is 0 Å². The van der Waals surface area contributed by atoms with E-state index in [-0.39, 0.29) is 28.6 Å². The summed E-state index contributed by atoms with van der Waals surface area (Å²) >= 11 is 0. The van der Waals surface area contributed by atoms with Crippen LogP contribution in [0.5, 0.6) is 0 Å². The average Bonchev–Trinajstić information content (AvgIpc) is 3.44. The van der Waals surface area contributed by atoms with Gasteiger partial charge < -0.3 is 24.8 Å². The molecule has 0 aromatic carbocycles. The summed E-state index contributed by atoms with van der Waals surface area (Å²) in [4.78, 5) is 0. The number of rotatable bonds is 5. The summed E-state index contributed by atoms with van der Waals surface area (Å²) < 4.78 is 11.7. The predicted octanol–water partition coefficient (Wildman–Crippen LogP) is 4.81. The zero-order valence-electron chi connectivity index (χ0n) is 21.7. The van der Waals surface area contributed by atoms with Crippen LogP contribution < -0.4 is 0 Å². The summed E-state index contributed by atoms with van der Waals surface area (Å²) in [6.07, 6.45) is 12.2. The van der Waals surface area contributed by atoms with Gasteiger partial charge in [-0.1, -0.05) is 20.8 Å². The minimum Gasteiger partial charge on any atom is -0.393 e. The molecule has 34 heavy (non-hydrogen) atoms. The van der Waals surface area contributed by atoms with Crippen LogP contribution in [0, 0.1) is 39.9 Å². The first kappa shape index (κ1) is 24.2. The number of hydrogen-bond donors (Lipinski definition) is 3. The molecule has 0 radical (unpaired) electrons. The molecule has 0 spiro atoms. The van der Waals surface area contributed by atoms with E-state index >= 15 is 0 Å². The summed E-state index contributed by atoms with van der Waals surface area (Å²) in [5.74, 6) is 2.20. The molecule has 5 heteroatoms. The SMILES string of the molecule is CC12C[C@@H]1C1C3CC[C@@](O)(CCCOC4CCCCO4)[C@@]3(C)CCC1[C@@]1(C)CCC(O)CC21O. The van der Waals surface area contributed by atoms with Crippen LogP contribution >= 0.6 is 0 Å². The van der Waals surface area contributed by atoms with Gasteiger partial charge in [0, 0.05) is 30.5 Å². The van der Waals surface area contributed by atoms with Crippen molar-refractivity contribution in [1.29, 1.82) is 0 Å². The van der Waals surface area contributed by atoms with E-state index in [0.717, 1.165) is 77.2 Å². The molecule has 0 bridgehead atoms. The lowest BCUT2D eigenvalue weighted by Gasteiger charge is -2.66. The van der Waals surface area contributed by atoms with Crippen LogP contribution in [0.4, 0.5) is 0 Å². The molecule has 6 rings (SSSR count). The van der Waals surface area contributed by atoms with Gasteiger partial charge in [-0.15, -0.1) is 0 Å². The van der Waals surface area contributed by atoms with Gasteiger partial charge in [0.05, 0.1) is 17.3 Å². The molecule has 5 saturated carbocycles. The molecule has 1 aliphatic heterocycles. The topological polar surface area (TPSA) is 79.2 Å². The Morgan fingerprint density at radius 1 is 0.824 bits per heavy atom. The van der Waals surface area contributed by atoms with Gasteiger partial charge >= 0.3 is 0 Å². The molecular weight excluding hydrogens is 428 g/mol. The fourth-order valence-corrected chi connectivity index (χ4v) is 10.6. The van der Waals surface area contributed by atoms with Crippen LogP contribution in [-0.2, 0) is 9.47 Å². The summed E-state index contributed by atoms with van der Waals surface area (Å²) in [5, 5.41) is 34.7. The first-order chi connectivity index (χ1) is 16.1. The Bertz CT molecular complexity index is 797. The third kappa shape index (κ3) is 3.09. The quantitative estimate of drug-likeness (QED) is 0.497. The Morgan fingerprint density at radius 2 is 1.56 bits per heavy atom. The van der Waals surface area contributed by atoms with Crippen LogP contribution in [0.2, 0.25) is 0 Å². The van der Waals surface area contributed by atoms with Crippen LogP contribution in [0.3, 0.4) is 0 Å². The Morgan fingerprint density at radius 3 is 2.32 bits per heavy atom. The van der Waals surface area contributed by atoms with Gasteiger partial charge in [0.25, 0.3) is 0 Å². The molecule has 0 aromatic heterocycles. The largest absolute Gasteiger partial charge is 0.393 e. The lowest BCUT2D eigenvalue weighted by Crippen LogP contribution is -2.67. The molecule has 5 nitrogen and oxygen atoms in total. The lowest BCUT2D eigenvalue weighted by molar-refractivity contribution is -0.254. The third-order valence-corrected chi connectivity index (χ3v) is 12.8. The summed E-state index contributed by atoms with van der Waals surface area (Å²) in [5.41, 5.74) is -1.59. The Labute approximate surface area is 206 Å². The highest BCUT2D eigenvalue weighted by molar-refractivity contribution is 5.29. The van der Waals surface area contributed by atoms with Crippen molar-refractivity contribution in [2.75, 3.05) is 13.2 Å². The van der Waals surface area contributed by atoms with Gasteiger partial charge in [0.1, 0.15) is 0 Å². The molecule has 0 aromatic rings. The number of fused-ring (bicyclic) bond motifs is 8. The second-order valence-electron chi connectivity index (χ2n) is 14.0. The molecule has 5 aliphatic carbocycles. The molecule has 1 heterocycles. The predicted molar refractivity (Wildman–Crippen MR) is 130 cm³/mol. The highest BCUT2D eigenvalue weighted by Gasteiger charge is 2.80. The monoisotopic (exact) mass is 476 g/mol. The van der Waals surface area contributed by atoms with Gasteiger partial charge in [-0.2, -0.15) is 0 Å². The number of aliphatic hydroxyl groups is 3. The highest BCUT2D eigenvalue weighted by Crippen LogP contribution is 2.81. The smallest absolute Gasteiger partial charge is 0.157 e. The van der Waals surface area contributed by atoms with E-state index in [4.69, 9.17) is 9.47 Å². The van der Waals surface area contributed by atoms with E-state index in [1.807, 2.05) is 0 Å². The Balaban J connectivity index is 1.18. The zero-order chi connectivity index (χ0) is 24.0. The van der Waals surface area contributed by atoms with E-state index in [9.17, 15) is 15.3 Å². The van der Waals surface area contributed by atoms with Crippen molar-refractivity contribution in [3.05, 3.63) is 0 Å². The average molecular weight is 477 g/mol. The van der Waals surface area contributed by atoms with E-state index in [2.05, 4.69) is 20.8 Å². The zero-order valence-corrected chi connectivity index (χ0v) is 21.7. The summed E-state index contributed by atoms with van der Waals surface area (Å²) in [6, 6.07) is 0. The molecule has 7 unspecified atom stereocenters. The Kier molecular flexibility index (Phi) is 5.61. The minimum atomic E-state index is -0.745. The van der Waals surface area contributed by atoms with Crippen molar-refractivity contribution in [2.45, 2.75) is 128 Å². The van der Waals surface area contributed by atoms with Gasteiger partial charge in [-0.3, -0.25) is 0 Å². The van der Waals surface area contributed by atoms with Crippen molar-refractivity contribution in [3.8, 4) is 0 Å². The first-order valence-corrected chi connectivity index (χ1v) is 14.4. The van der Waals surface area contributed by atoms with Crippen LogP contribution in [0.1, 0.15) is 104 Å². The molecule has 1 saturated heterocycles. The summed E-state index contributed by atoms with van der Waals surface area (Å²) in [6.45, 7) is 8.53. The van der Waals surface area contributed by atoms with Gasteiger partial charge in [0.15, 0.2) is 6.29 Å². The molecule has 6 fully saturated rings. The first-order valence-electron chi connectivity index (χ1n) is 14.4. The van der Waals surface area contributed by atoms with Crippen LogP contribution in [-0.4, -0.2) is 52.1 Å².